The molecule has 0 bridgehead atoms. The van der Waals surface area contributed by atoms with Crippen molar-refractivity contribution in [3.63, 3.8) is 0 Å². The van der Waals surface area contributed by atoms with E-state index in [0.717, 1.165) is 6.42 Å². The number of nitrogens with one attached hydrogen (secondary N) is 2. The maximum atomic E-state index is 12.7. The molecule has 1 aliphatic heterocycles. The highest BCUT2D eigenvalue weighted by Crippen LogP contribution is 2.24. The summed E-state index contributed by atoms with van der Waals surface area (Å²) in [5.74, 6) is 0.374. The summed E-state index contributed by atoms with van der Waals surface area (Å²) in [6, 6.07) is 7.88. The molecule has 0 radical (unpaired) electrons. The SMILES string of the molecule is C[C@H](NC(=O)CN1CCC[C@@H]1C(=O)Nc1cc(Cl)cc(Cl)c1)c1ccco1. The summed E-state index contributed by atoms with van der Waals surface area (Å²) in [6.45, 7) is 2.70. The normalized spacial score (nSPS) is 18.3. The van der Waals surface area contributed by atoms with Crippen molar-refractivity contribution in [2.75, 3.05) is 18.4 Å². The van der Waals surface area contributed by atoms with E-state index in [0.29, 0.717) is 34.5 Å². The largest absolute Gasteiger partial charge is 0.467 e. The van der Waals surface area contributed by atoms with Crippen LogP contribution in [-0.4, -0.2) is 35.8 Å². The van der Waals surface area contributed by atoms with Crippen LogP contribution in [0, 0.1) is 0 Å². The standard InChI is InChI=1S/C19H21Cl2N3O3/c1-12(17-5-3-7-27-17)22-18(25)11-24-6-2-4-16(24)19(26)23-15-9-13(20)8-14(21)10-15/h3,5,7-10,12,16H,2,4,6,11H2,1H3,(H,22,25)(H,23,26)/t12-,16+/m0/s1. The zero-order valence-electron chi connectivity index (χ0n) is 14.9. The van der Waals surface area contributed by atoms with Gasteiger partial charge in [-0.05, 0) is 56.6 Å². The van der Waals surface area contributed by atoms with Gasteiger partial charge in [0.15, 0.2) is 0 Å². The van der Waals surface area contributed by atoms with Crippen LogP contribution in [0.3, 0.4) is 0 Å². The van der Waals surface area contributed by atoms with E-state index in [2.05, 4.69) is 10.6 Å². The van der Waals surface area contributed by atoms with Gasteiger partial charge in [0.25, 0.3) is 0 Å². The predicted molar refractivity (Wildman–Crippen MR) is 105 cm³/mol. The summed E-state index contributed by atoms with van der Waals surface area (Å²) < 4.78 is 5.30. The molecule has 1 aromatic heterocycles. The summed E-state index contributed by atoms with van der Waals surface area (Å²) in [5, 5.41) is 6.63. The van der Waals surface area contributed by atoms with Crippen LogP contribution in [0.4, 0.5) is 5.69 Å². The molecule has 2 atom stereocenters. The van der Waals surface area contributed by atoms with Gasteiger partial charge in [-0.3, -0.25) is 14.5 Å². The lowest BCUT2D eigenvalue weighted by Crippen LogP contribution is -2.45. The molecule has 1 fully saturated rings. The summed E-state index contributed by atoms with van der Waals surface area (Å²) in [7, 11) is 0. The molecule has 2 heterocycles. The quantitative estimate of drug-likeness (QED) is 0.759. The second kappa shape index (κ2) is 8.78. The van der Waals surface area contributed by atoms with E-state index >= 15 is 0 Å². The van der Waals surface area contributed by atoms with E-state index in [4.69, 9.17) is 27.6 Å². The number of furan rings is 1. The third-order valence-electron chi connectivity index (χ3n) is 4.49. The maximum absolute atomic E-state index is 12.7. The van der Waals surface area contributed by atoms with Gasteiger partial charge in [-0.1, -0.05) is 23.2 Å². The molecule has 6 nitrogen and oxygen atoms in total. The monoisotopic (exact) mass is 409 g/mol. The first kappa shape index (κ1) is 19.7. The van der Waals surface area contributed by atoms with Crippen LogP contribution >= 0.6 is 23.2 Å². The molecule has 1 aromatic carbocycles. The molecule has 27 heavy (non-hydrogen) atoms. The van der Waals surface area contributed by atoms with E-state index in [1.807, 2.05) is 17.9 Å². The Labute approximate surface area is 167 Å². The molecule has 0 spiro atoms. The first-order valence-electron chi connectivity index (χ1n) is 8.76. The van der Waals surface area contributed by atoms with Crippen molar-refractivity contribution in [2.24, 2.45) is 0 Å². The molecule has 0 aliphatic carbocycles. The first-order chi connectivity index (χ1) is 12.9. The van der Waals surface area contributed by atoms with E-state index < -0.39 is 0 Å². The number of hydrogen-bond acceptors (Lipinski definition) is 4. The molecule has 3 rings (SSSR count). The number of halogens is 2. The van der Waals surface area contributed by atoms with Crippen LogP contribution in [0.5, 0.6) is 0 Å². The van der Waals surface area contributed by atoms with Gasteiger partial charge in [0.1, 0.15) is 5.76 Å². The van der Waals surface area contributed by atoms with Crippen LogP contribution in [-0.2, 0) is 9.59 Å². The zero-order valence-corrected chi connectivity index (χ0v) is 16.4. The highest BCUT2D eigenvalue weighted by atomic mass is 35.5. The van der Waals surface area contributed by atoms with Gasteiger partial charge >= 0.3 is 0 Å². The summed E-state index contributed by atoms with van der Waals surface area (Å²) in [4.78, 5) is 26.9. The Morgan fingerprint density at radius 3 is 2.70 bits per heavy atom. The van der Waals surface area contributed by atoms with Gasteiger partial charge in [0.2, 0.25) is 11.8 Å². The summed E-state index contributed by atoms with van der Waals surface area (Å²) in [6.07, 6.45) is 3.12. The van der Waals surface area contributed by atoms with Gasteiger partial charge in [0, 0.05) is 15.7 Å². The number of benzene rings is 1. The highest BCUT2D eigenvalue weighted by Gasteiger charge is 2.32. The lowest BCUT2D eigenvalue weighted by atomic mass is 10.2. The third-order valence-corrected chi connectivity index (χ3v) is 4.93. The molecule has 1 aliphatic rings. The van der Waals surface area contributed by atoms with Gasteiger partial charge in [-0.25, -0.2) is 0 Å². The Kier molecular flexibility index (Phi) is 6.42. The van der Waals surface area contributed by atoms with Crippen LogP contribution < -0.4 is 10.6 Å². The number of rotatable bonds is 6. The van der Waals surface area contributed by atoms with E-state index in [-0.39, 0.29) is 30.4 Å². The third kappa shape index (κ3) is 5.25. The summed E-state index contributed by atoms with van der Waals surface area (Å²) >= 11 is 11.9. The molecule has 0 saturated carbocycles. The van der Waals surface area contributed by atoms with Crippen molar-refractivity contribution in [1.82, 2.24) is 10.2 Å². The lowest BCUT2D eigenvalue weighted by Gasteiger charge is -2.24. The Morgan fingerprint density at radius 1 is 1.30 bits per heavy atom. The van der Waals surface area contributed by atoms with Crippen molar-refractivity contribution in [3.8, 4) is 0 Å². The Balaban J connectivity index is 1.57. The van der Waals surface area contributed by atoms with Gasteiger partial charge in [-0.15, -0.1) is 0 Å². The van der Waals surface area contributed by atoms with Crippen molar-refractivity contribution < 1.29 is 14.0 Å². The molecule has 1 saturated heterocycles. The average Bonchev–Trinajstić information content (AvgIpc) is 3.25. The van der Waals surface area contributed by atoms with Crippen LogP contribution in [0.25, 0.3) is 0 Å². The van der Waals surface area contributed by atoms with Crippen LogP contribution in [0.1, 0.15) is 31.6 Å². The fraction of sp³-hybridized carbons (Fsp3) is 0.368. The molecule has 0 unspecified atom stereocenters. The van der Waals surface area contributed by atoms with Gasteiger partial charge < -0.3 is 15.1 Å². The first-order valence-corrected chi connectivity index (χ1v) is 9.52. The Morgan fingerprint density at radius 2 is 2.04 bits per heavy atom. The number of nitrogens with zero attached hydrogens (tertiary/aromatic N) is 1. The van der Waals surface area contributed by atoms with E-state index in [1.54, 1.807) is 30.5 Å². The topological polar surface area (TPSA) is 74.6 Å². The molecule has 8 heteroatoms. The second-order valence-electron chi connectivity index (χ2n) is 6.58. The average molecular weight is 410 g/mol. The second-order valence-corrected chi connectivity index (χ2v) is 7.45. The zero-order chi connectivity index (χ0) is 19.4. The fourth-order valence-electron chi connectivity index (χ4n) is 3.24. The lowest BCUT2D eigenvalue weighted by molar-refractivity contribution is -0.125. The molecule has 2 aromatic rings. The van der Waals surface area contributed by atoms with Gasteiger partial charge in [0.05, 0.1) is 24.9 Å². The fourth-order valence-corrected chi connectivity index (χ4v) is 3.77. The predicted octanol–water partition coefficient (Wildman–Crippen LogP) is 3.87. The van der Waals surface area contributed by atoms with Crippen LogP contribution in [0.15, 0.2) is 41.0 Å². The number of amides is 2. The number of hydrogen-bond donors (Lipinski definition) is 2. The summed E-state index contributed by atoms with van der Waals surface area (Å²) in [5.41, 5.74) is 0.542. The number of anilines is 1. The van der Waals surface area contributed by atoms with E-state index in [1.165, 1.54) is 0 Å². The van der Waals surface area contributed by atoms with E-state index in [9.17, 15) is 9.59 Å². The minimum absolute atomic E-state index is 0.149. The number of likely N-dealkylation sites (tertiary alicyclic amines) is 1. The highest BCUT2D eigenvalue weighted by molar-refractivity contribution is 6.35. The van der Waals surface area contributed by atoms with Crippen molar-refractivity contribution in [3.05, 3.63) is 52.4 Å². The minimum Gasteiger partial charge on any atom is -0.467 e. The van der Waals surface area contributed by atoms with Crippen molar-refractivity contribution in [2.45, 2.75) is 31.8 Å². The van der Waals surface area contributed by atoms with Crippen LogP contribution in [0.2, 0.25) is 10.0 Å². The number of carbonyl (C=O) groups is 2. The minimum atomic E-state index is -0.368. The smallest absolute Gasteiger partial charge is 0.241 e. The molecule has 2 amide bonds. The molecule has 144 valence electrons. The Bertz CT molecular complexity index is 790. The molecular formula is C19H21Cl2N3O3. The van der Waals surface area contributed by atoms with Crippen molar-refractivity contribution >= 4 is 40.7 Å². The Hall–Kier alpha value is -2.02. The van der Waals surface area contributed by atoms with Crippen molar-refractivity contribution in [1.29, 1.82) is 0 Å². The molecular weight excluding hydrogens is 389 g/mol. The number of carbonyl (C=O) groups excluding carboxylic acids is 2. The van der Waals surface area contributed by atoms with Gasteiger partial charge in [-0.2, -0.15) is 0 Å². The molecule has 2 N–H and O–H groups in total. The maximum Gasteiger partial charge on any atom is 0.241 e.